The van der Waals surface area contributed by atoms with Gasteiger partial charge in [0.2, 0.25) is 11.8 Å². The number of aliphatic hydroxyl groups is 2. The van der Waals surface area contributed by atoms with Crippen LogP contribution < -0.4 is 10.6 Å². The van der Waals surface area contributed by atoms with Gasteiger partial charge in [-0.1, -0.05) is 54.6 Å². The molecule has 3 aromatic rings. The van der Waals surface area contributed by atoms with Crippen LogP contribution in [-0.2, 0) is 32.5 Å². The molecule has 2 aromatic carbocycles. The highest BCUT2D eigenvalue weighted by Gasteiger charge is 2.41. The average molecular weight is 698 g/mol. The molecular weight excluding hydrogens is 651 g/mol. The largest absolute Gasteiger partial charge is 0.392 e. The number of nitrogens with zero attached hydrogens (tertiary/aromatic N) is 3. The fourth-order valence-corrected chi connectivity index (χ4v) is 9.41. The van der Waals surface area contributed by atoms with Gasteiger partial charge in [-0.25, -0.2) is 13.4 Å². The van der Waals surface area contributed by atoms with Gasteiger partial charge in [-0.15, -0.1) is 11.3 Å². The molecule has 260 valence electrons. The molecule has 0 bridgehead atoms. The molecule has 1 saturated heterocycles. The van der Waals surface area contributed by atoms with Gasteiger partial charge in [0, 0.05) is 48.9 Å². The molecule has 48 heavy (non-hydrogen) atoms. The number of piperazine rings is 1. The highest BCUT2D eigenvalue weighted by Crippen LogP contribution is 2.32. The second-order valence-corrected chi connectivity index (χ2v) is 17.2. The van der Waals surface area contributed by atoms with Gasteiger partial charge in [0.05, 0.1) is 23.3 Å². The van der Waals surface area contributed by atoms with E-state index in [0.717, 1.165) is 16.7 Å². The number of hydrogen-bond acceptors (Lipinski definition) is 9. The van der Waals surface area contributed by atoms with Crippen LogP contribution in [-0.4, -0.2) is 94.6 Å². The number of thiazole rings is 1. The lowest BCUT2D eigenvalue weighted by molar-refractivity contribution is -0.131. The van der Waals surface area contributed by atoms with Crippen molar-refractivity contribution in [3.63, 3.8) is 0 Å². The van der Waals surface area contributed by atoms with E-state index >= 15 is 0 Å². The van der Waals surface area contributed by atoms with Crippen molar-refractivity contribution in [2.24, 2.45) is 5.92 Å². The quantitative estimate of drug-likeness (QED) is 0.239. The maximum atomic E-state index is 13.8. The smallest absolute Gasteiger partial charge is 0.261 e. The van der Waals surface area contributed by atoms with E-state index in [1.165, 1.54) is 15.6 Å². The molecule has 4 N–H and O–H groups in total. The maximum absolute atomic E-state index is 13.8. The minimum absolute atomic E-state index is 0.0123. The number of aryl methyl sites for hydroxylation is 2. The van der Waals surface area contributed by atoms with E-state index in [4.69, 9.17) is 0 Å². The monoisotopic (exact) mass is 697 g/mol. The van der Waals surface area contributed by atoms with Crippen molar-refractivity contribution in [3.8, 4) is 0 Å². The summed E-state index contributed by atoms with van der Waals surface area (Å²) in [6, 6.07) is 15.8. The number of carbonyl (C=O) groups is 2. The molecule has 13 heteroatoms. The normalized spacial score (nSPS) is 21.8. The molecule has 11 nitrogen and oxygen atoms in total. The Morgan fingerprint density at radius 3 is 2.42 bits per heavy atom. The molecule has 1 aromatic heterocycles. The van der Waals surface area contributed by atoms with Gasteiger partial charge in [0.25, 0.3) is 10.0 Å². The highest BCUT2D eigenvalue weighted by molar-refractivity contribution is 7.89. The summed E-state index contributed by atoms with van der Waals surface area (Å²) in [6.07, 6.45) is -0.814. The SMILES string of the molecule is Cc1nc(S(=O)(=O)N2CCN(C[C@@H](O)C[C@@H](Cc3ccccc3)C(=O)NC3c4ccccc4C[C@H]3O)[C@H](C(=O)NC(C)(C)C)C2)c(C)s1. The van der Waals surface area contributed by atoms with Crippen molar-refractivity contribution < 1.29 is 28.2 Å². The van der Waals surface area contributed by atoms with Crippen LogP contribution in [0.5, 0.6) is 0 Å². The van der Waals surface area contributed by atoms with Gasteiger partial charge in [0.15, 0.2) is 5.03 Å². The van der Waals surface area contributed by atoms with E-state index in [9.17, 15) is 28.2 Å². The minimum Gasteiger partial charge on any atom is -0.392 e. The fraction of sp³-hybridized carbons (Fsp3) is 0.514. The van der Waals surface area contributed by atoms with Gasteiger partial charge in [-0.05, 0) is 64.2 Å². The average Bonchev–Trinajstić information content (AvgIpc) is 3.53. The first-order valence-corrected chi connectivity index (χ1v) is 18.7. The van der Waals surface area contributed by atoms with Crippen molar-refractivity contribution in [2.75, 3.05) is 26.2 Å². The zero-order chi connectivity index (χ0) is 34.8. The molecule has 2 heterocycles. The summed E-state index contributed by atoms with van der Waals surface area (Å²) in [5.74, 6) is -1.24. The number of aromatic nitrogens is 1. The zero-order valence-electron chi connectivity index (χ0n) is 28.2. The van der Waals surface area contributed by atoms with Crippen LogP contribution in [0, 0.1) is 19.8 Å². The van der Waals surface area contributed by atoms with Crippen LogP contribution in [0.15, 0.2) is 59.6 Å². The number of benzene rings is 2. The Kier molecular flexibility index (Phi) is 11.1. The Labute approximate surface area is 287 Å². The van der Waals surface area contributed by atoms with E-state index in [0.29, 0.717) is 22.7 Å². The van der Waals surface area contributed by atoms with E-state index < -0.39 is 45.8 Å². The fourth-order valence-electron chi connectivity index (χ4n) is 6.68. The third kappa shape index (κ3) is 8.50. The van der Waals surface area contributed by atoms with Crippen molar-refractivity contribution >= 4 is 33.2 Å². The lowest BCUT2D eigenvalue weighted by Gasteiger charge is -2.41. The van der Waals surface area contributed by atoms with E-state index in [2.05, 4.69) is 15.6 Å². The number of carbonyl (C=O) groups excluding carboxylic acids is 2. The molecule has 0 radical (unpaired) electrons. The number of aliphatic hydroxyl groups excluding tert-OH is 2. The van der Waals surface area contributed by atoms with Gasteiger partial charge in [-0.2, -0.15) is 4.31 Å². The van der Waals surface area contributed by atoms with Gasteiger partial charge in [-0.3, -0.25) is 14.5 Å². The Morgan fingerprint density at radius 1 is 1.06 bits per heavy atom. The van der Waals surface area contributed by atoms with Crippen LogP contribution >= 0.6 is 11.3 Å². The predicted molar refractivity (Wildman–Crippen MR) is 185 cm³/mol. The van der Waals surface area contributed by atoms with Crippen molar-refractivity contribution in [3.05, 3.63) is 81.2 Å². The van der Waals surface area contributed by atoms with E-state index in [1.54, 1.807) is 13.8 Å². The highest BCUT2D eigenvalue weighted by atomic mass is 32.2. The molecule has 1 unspecified atom stereocenters. The Morgan fingerprint density at radius 2 is 1.75 bits per heavy atom. The topological polar surface area (TPSA) is 152 Å². The Bertz CT molecular complexity index is 1710. The third-order valence-corrected chi connectivity index (χ3v) is 11.8. The lowest BCUT2D eigenvalue weighted by Crippen LogP contribution is -2.62. The molecule has 1 aliphatic heterocycles. The summed E-state index contributed by atoms with van der Waals surface area (Å²) in [4.78, 5) is 34.1. The standard InChI is InChI=1S/C35H47N5O6S2/c1-22-34(36-23(2)47-22)48(45,46)40-16-15-39(29(21-40)33(44)38-35(3,4)5)20-27(41)18-26(17-24-11-7-6-8-12-24)32(43)37-31-28-14-10-9-13-25(28)19-30(31)42/h6-14,26-27,29-31,41-42H,15-21H2,1-5H3,(H,37,43)(H,38,44)/t26-,27+,29+,30-,31?/m1/s1. The maximum Gasteiger partial charge on any atom is 0.261 e. The lowest BCUT2D eigenvalue weighted by atomic mass is 9.91. The molecule has 5 rings (SSSR count). The van der Waals surface area contributed by atoms with Crippen molar-refractivity contribution in [1.29, 1.82) is 0 Å². The van der Waals surface area contributed by atoms with Gasteiger partial charge in [0.1, 0.15) is 6.04 Å². The number of hydrogen-bond donors (Lipinski definition) is 4. The van der Waals surface area contributed by atoms with Crippen molar-refractivity contribution in [1.82, 2.24) is 24.8 Å². The Hall–Kier alpha value is -3.20. The molecule has 2 aliphatic rings. The molecule has 2 amide bonds. The second-order valence-electron chi connectivity index (χ2n) is 13.9. The van der Waals surface area contributed by atoms with Crippen LogP contribution in [0.4, 0.5) is 0 Å². The van der Waals surface area contributed by atoms with Gasteiger partial charge < -0.3 is 20.8 Å². The van der Waals surface area contributed by atoms with Gasteiger partial charge >= 0.3 is 0 Å². The number of amides is 2. The summed E-state index contributed by atoms with van der Waals surface area (Å²) < 4.78 is 28.6. The molecule has 5 atom stereocenters. The number of β-amino-alcohol motifs (C(OH)–C–C–N with tert-alkyl or cyclic N) is 1. The van der Waals surface area contributed by atoms with E-state index in [1.807, 2.05) is 80.3 Å². The number of fused-ring (bicyclic) bond motifs is 1. The molecule has 1 fully saturated rings. The van der Waals surface area contributed by atoms with Crippen LogP contribution in [0.25, 0.3) is 0 Å². The third-order valence-electron chi connectivity index (χ3n) is 8.90. The predicted octanol–water partition coefficient (Wildman–Crippen LogP) is 2.73. The molecule has 0 spiro atoms. The first-order valence-electron chi connectivity index (χ1n) is 16.4. The Balaban J connectivity index is 1.33. The zero-order valence-corrected chi connectivity index (χ0v) is 29.9. The molecule has 1 aliphatic carbocycles. The van der Waals surface area contributed by atoms with E-state index in [-0.39, 0.29) is 49.4 Å². The number of sulfonamides is 1. The molecular formula is C35H47N5O6S2. The first-order chi connectivity index (χ1) is 22.6. The minimum atomic E-state index is -3.95. The summed E-state index contributed by atoms with van der Waals surface area (Å²) in [6.45, 7) is 9.36. The molecule has 0 saturated carbocycles. The second kappa shape index (κ2) is 14.7. The number of rotatable bonds is 11. The summed E-state index contributed by atoms with van der Waals surface area (Å²) in [7, 11) is -3.95. The summed E-state index contributed by atoms with van der Waals surface area (Å²) in [5, 5.41) is 29.0. The van der Waals surface area contributed by atoms with Crippen LogP contribution in [0.1, 0.15) is 59.8 Å². The number of nitrogens with one attached hydrogen (secondary N) is 2. The first kappa shape index (κ1) is 36.1. The van der Waals surface area contributed by atoms with Crippen LogP contribution in [0.3, 0.4) is 0 Å². The summed E-state index contributed by atoms with van der Waals surface area (Å²) >= 11 is 1.31. The van der Waals surface area contributed by atoms with Crippen molar-refractivity contribution in [2.45, 2.75) is 88.7 Å². The van der Waals surface area contributed by atoms with Crippen LogP contribution in [0.2, 0.25) is 0 Å². The summed E-state index contributed by atoms with van der Waals surface area (Å²) in [5.41, 5.74) is 2.26.